The zero-order chi connectivity index (χ0) is 50.0. The van der Waals surface area contributed by atoms with Crippen molar-refractivity contribution in [3.8, 4) is 0 Å². The number of unbranched alkanes of at least 4 members (excludes halogenated alkanes) is 19. The van der Waals surface area contributed by atoms with Crippen LogP contribution in [0.25, 0.3) is 0 Å². The number of hydrogen-bond acceptors (Lipinski definition) is 6. The van der Waals surface area contributed by atoms with E-state index in [4.69, 9.17) is 14.2 Å². The first-order valence-corrected chi connectivity index (χ1v) is 28.0. The van der Waals surface area contributed by atoms with Gasteiger partial charge in [0.05, 0.1) is 6.42 Å². The van der Waals surface area contributed by atoms with Gasteiger partial charge in [-0.05, 0) is 89.9 Å². The lowest BCUT2D eigenvalue weighted by Gasteiger charge is -2.18. The third-order valence-electron chi connectivity index (χ3n) is 11.5. The first-order valence-electron chi connectivity index (χ1n) is 28.0. The van der Waals surface area contributed by atoms with Crippen molar-refractivity contribution in [3.05, 3.63) is 122 Å². The number of allylic oxidation sites excluding steroid dienone is 19. The van der Waals surface area contributed by atoms with Crippen molar-refractivity contribution in [2.45, 2.75) is 245 Å². The highest BCUT2D eigenvalue weighted by atomic mass is 16.6. The first-order chi connectivity index (χ1) is 34.0. The SMILES string of the molecule is CC/C=C\C/C=C\C/C=C\C/C=C\C/C=C\CCCCCC(=O)OCC(COC(=O)C/C=C\C/C=C\C/C=C\C/C=C\C/C=C\CC)OC(=O)CCCCCCCCCCCCCCCCCCC. The molecule has 0 aliphatic heterocycles. The first kappa shape index (κ1) is 64.8. The van der Waals surface area contributed by atoms with Crippen LogP contribution in [0.5, 0.6) is 0 Å². The van der Waals surface area contributed by atoms with Crippen LogP contribution in [-0.4, -0.2) is 37.2 Å². The number of carbonyl (C=O) groups excluding carboxylic acids is 3. The second kappa shape index (κ2) is 56.4. The summed E-state index contributed by atoms with van der Waals surface area (Å²) in [6.45, 7) is 6.30. The standard InChI is InChI=1S/C63H102O6/c1-4-7-10-13-16-19-22-25-28-30-31-33-35-38-41-44-47-50-53-56-62(65)68-59-60(58-67-61(64)55-52-49-46-43-40-37-34-27-24-21-18-15-12-9-6-3)69-63(66)57-54-51-48-45-42-39-36-32-29-26-23-20-17-14-11-8-5-2/h7,9-10,12,16,18-19,21,25,27-28,31,33-34,38,40-41,43,49,52,60H,4-6,8,11,13-15,17,20,22-24,26,29-30,32,35-37,39,42,44-48,50-51,53-59H2,1-3H3/b10-7-,12-9-,19-16-,21-18-,28-25-,33-31-,34-27-,41-38-,43-40-,52-49-. The molecule has 0 N–H and O–H groups in total. The number of carbonyl (C=O) groups is 3. The fourth-order valence-corrected chi connectivity index (χ4v) is 7.37. The van der Waals surface area contributed by atoms with Crippen LogP contribution in [0.1, 0.15) is 239 Å². The van der Waals surface area contributed by atoms with Gasteiger partial charge in [-0.3, -0.25) is 14.4 Å². The van der Waals surface area contributed by atoms with Crippen LogP contribution in [0.4, 0.5) is 0 Å². The Labute approximate surface area is 424 Å². The lowest BCUT2D eigenvalue weighted by Crippen LogP contribution is -2.30. The number of rotatable bonds is 49. The molecule has 1 atom stereocenters. The van der Waals surface area contributed by atoms with E-state index in [9.17, 15) is 14.4 Å². The molecule has 69 heavy (non-hydrogen) atoms. The van der Waals surface area contributed by atoms with Crippen molar-refractivity contribution in [1.82, 2.24) is 0 Å². The highest BCUT2D eigenvalue weighted by Gasteiger charge is 2.19. The molecule has 6 nitrogen and oxygen atoms in total. The monoisotopic (exact) mass is 955 g/mol. The molecule has 0 aromatic carbocycles. The average molecular weight is 956 g/mol. The van der Waals surface area contributed by atoms with Gasteiger partial charge in [0.15, 0.2) is 6.10 Å². The largest absolute Gasteiger partial charge is 0.462 e. The Morgan fingerprint density at radius 2 is 0.623 bits per heavy atom. The van der Waals surface area contributed by atoms with Crippen LogP contribution in [0, 0.1) is 0 Å². The van der Waals surface area contributed by atoms with Crippen molar-refractivity contribution in [1.29, 1.82) is 0 Å². The van der Waals surface area contributed by atoms with E-state index in [0.717, 1.165) is 109 Å². The summed E-state index contributed by atoms with van der Waals surface area (Å²) in [4.78, 5) is 38.1. The molecule has 6 heteroatoms. The fraction of sp³-hybridized carbons (Fsp3) is 0.635. The summed E-state index contributed by atoms with van der Waals surface area (Å²) in [5.41, 5.74) is 0. The maximum Gasteiger partial charge on any atom is 0.309 e. The van der Waals surface area contributed by atoms with Gasteiger partial charge in [0.2, 0.25) is 0 Å². The summed E-state index contributed by atoms with van der Waals surface area (Å²) in [5, 5.41) is 0. The molecule has 0 rings (SSSR count). The van der Waals surface area contributed by atoms with E-state index in [1.165, 1.54) is 89.9 Å². The molecular weight excluding hydrogens is 853 g/mol. The summed E-state index contributed by atoms with van der Waals surface area (Å²) in [5.74, 6) is -1.09. The molecular formula is C63H102O6. The van der Waals surface area contributed by atoms with Gasteiger partial charge in [0, 0.05) is 12.8 Å². The second-order valence-electron chi connectivity index (χ2n) is 18.1. The third kappa shape index (κ3) is 54.6. The number of ether oxygens (including phenoxy) is 3. The van der Waals surface area contributed by atoms with Crippen molar-refractivity contribution in [3.63, 3.8) is 0 Å². The predicted molar refractivity (Wildman–Crippen MR) is 297 cm³/mol. The maximum atomic E-state index is 12.8. The summed E-state index contributed by atoms with van der Waals surface area (Å²) in [7, 11) is 0. The van der Waals surface area contributed by atoms with Crippen LogP contribution >= 0.6 is 0 Å². The molecule has 0 aliphatic rings. The predicted octanol–water partition coefficient (Wildman–Crippen LogP) is 18.9. The second-order valence-corrected chi connectivity index (χ2v) is 18.1. The minimum Gasteiger partial charge on any atom is -0.462 e. The van der Waals surface area contributed by atoms with Crippen molar-refractivity contribution in [2.24, 2.45) is 0 Å². The molecule has 0 fully saturated rings. The molecule has 0 saturated carbocycles. The van der Waals surface area contributed by atoms with Crippen LogP contribution < -0.4 is 0 Å². The van der Waals surface area contributed by atoms with E-state index >= 15 is 0 Å². The lowest BCUT2D eigenvalue weighted by atomic mass is 10.0. The van der Waals surface area contributed by atoms with Gasteiger partial charge in [-0.2, -0.15) is 0 Å². The zero-order valence-electron chi connectivity index (χ0n) is 44.5. The Morgan fingerprint density at radius 3 is 1.01 bits per heavy atom. The molecule has 1 unspecified atom stereocenters. The zero-order valence-corrected chi connectivity index (χ0v) is 44.5. The molecule has 0 bridgehead atoms. The number of hydrogen-bond donors (Lipinski definition) is 0. The van der Waals surface area contributed by atoms with Crippen molar-refractivity contribution in [2.75, 3.05) is 13.2 Å². The molecule has 0 heterocycles. The van der Waals surface area contributed by atoms with Crippen LogP contribution in [0.3, 0.4) is 0 Å². The lowest BCUT2D eigenvalue weighted by molar-refractivity contribution is -0.166. The van der Waals surface area contributed by atoms with Gasteiger partial charge in [-0.1, -0.05) is 251 Å². The smallest absolute Gasteiger partial charge is 0.309 e. The summed E-state index contributed by atoms with van der Waals surface area (Å²) >= 11 is 0. The minimum atomic E-state index is -0.833. The van der Waals surface area contributed by atoms with Gasteiger partial charge >= 0.3 is 17.9 Å². The summed E-state index contributed by atoms with van der Waals surface area (Å²) in [6.07, 6.45) is 77.8. The van der Waals surface area contributed by atoms with Gasteiger partial charge in [-0.25, -0.2) is 0 Å². The molecule has 390 valence electrons. The molecule has 0 amide bonds. The Kier molecular flexibility index (Phi) is 53.0. The van der Waals surface area contributed by atoms with Crippen LogP contribution in [0.2, 0.25) is 0 Å². The average Bonchev–Trinajstić information content (AvgIpc) is 3.35. The Balaban J connectivity index is 4.55. The highest BCUT2D eigenvalue weighted by Crippen LogP contribution is 2.15. The van der Waals surface area contributed by atoms with Gasteiger partial charge in [0.1, 0.15) is 13.2 Å². The van der Waals surface area contributed by atoms with E-state index in [1.807, 2.05) is 6.08 Å². The Hall–Kier alpha value is -4.19. The molecule has 0 aromatic heterocycles. The van der Waals surface area contributed by atoms with E-state index in [1.54, 1.807) is 6.08 Å². The van der Waals surface area contributed by atoms with Gasteiger partial charge in [-0.15, -0.1) is 0 Å². The molecule has 0 spiro atoms. The van der Waals surface area contributed by atoms with Gasteiger partial charge in [0.25, 0.3) is 0 Å². The van der Waals surface area contributed by atoms with Crippen LogP contribution in [0.15, 0.2) is 122 Å². The van der Waals surface area contributed by atoms with Crippen LogP contribution in [-0.2, 0) is 28.6 Å². The molecule has 0 saturated heterocycles. The molecule has 0 aromatic rings. The maximum absolute atomic E-state index is 12.8. The van der Waals surface area contributed by atoms with E-state index in [2.05, 4.69) is 130 Å². The van der Waals surface area contributed by atoms with E-state index in [0.29, 0.717) is 12.8 Å². The highest BCUT2D eigenvalue weighted by molar-refractivity contribution is 5.72. The quantitative estimate of drug-likeness (QED) is 0.0262. The van der Waals surface area contributed by atoms with Crippen molar-refractivity contribution < 1.29 is 28.6 Å². The molecule has 0 aliphatic carbocycles. The van der Waals surface area contributed by atoms with E-state index in [-0.39, 0.29) is 31.6 Å². The van der Waals surface area contributed by atoms with E-state index < -0.39 is 12.1 Å². The summed E-state index contributed by atoms with van der Waals surface area (Å²) in [6, 6.07) is 0. The fourth-order valence-electron chi connectivity index (χ4n) is 7.37. The topological polar surface area (TPSA) is 78.9 Å². The Bertz CT molecular complexity index is 1470. The summed E-state index contributed by atoms with van der Waals surface area (Å²) < 4.78 is 16.7. The van der Waals surface area contributed by atoms with Gasteiger partial charge < -0.3 is 14.2 Å². The third-order valence-corrected chi connectivity index (χ3v) is 11.5. The Morgan fingerprint density at radius 1 is 0.319 bits per heavy atom. The minimum absolute atomic E-state index is 0.118. The molecule has 0 radical (unpaired) electrons. The number of esters is 3. The normalized spacial score (nSPS) is 13.0. The van der Waals surface area contributed by atoms with Crippen molar-refractivity contribution >= 4 is 17.9 Å².